The lowest BCUT2D eigenvalue weighted by Crippen LogP contribution is -2.51. The lowest BCUT2D eigenvalue weighted by molar-refractivity contribution is -0.929. The molecule has 7 nitrogen and oxygen atoms in total. The van der Waals surface area contributed by atoms with Gasteiger partial charge in [0.05, 0.1) is 45.4 Å². The molecule has 0 radical (unpaired) electrons. The number of nitrogens with zero attached hydrogens (tertiary/aromatic N) is 1. The summed E-state index contributed by atoms with van der Waals surface area (Å²) in [5.41, 5.74) is 0. The molecule has 0 amide bonds. The third-order valence-corrected chi connectivity index (χ3v) is 4.86. The fourth-order valence-corrected chi connectivity index (χ4v) is 3.46. The topological polar surface area (TPSA) is 112 Å². The molecule has 0 heterocycles. The van der Waals surface area contributed by atoms with Crippen molar-refractivity contribution in [2.45, 2.75) is 70.6 Å². The fraction of sp³-hybridized carbons (Fsp3) is 0.750. The first-order valence-electron chi connectivity index (χ1n) is 9.93. The Hall–Kier alpha value is -1.89. The molecule has 0 spiro atoms. The van der Waals surface area contributed by atoms with E-state index in [1.807, 2.05) is 6.08 Å². The van der Waals surface area contributed by atoms with Crippen molar-refractivity contribution in [1.29, 1.82) is 0 Å². The van der Waals surface area contributed by atoms with E-state index in [1.54, 1.807) is 0 Å². The maximum atomic E-state index is 10.9. The highest BCUT2D eigenvalue weighted by atomic mass is 16.4. The van der Waals surface area contributed by atoms with Crippen molar-refractivity contribution >= 4 is 17.9 Å². The van der Waals surface area contributed by atoms with Crippen LogP contribution in [0.2, 0.25) is 0 Å². The molecule has 3 N–H and O–H groups in total. The molecular weight excluding hydrogens is 350 g/mol. The summed E-state index contributed by atoms with van der Waals surface area (Å²) in [5.74, 6) is -2.52. The number of hydrogen-bond acceptors (Lipinski definition) is 3. The van der Waals surface area contributed by atoms with E-state index in [-0.39, 0.29) is 19.3 Å². The molecule has 0 fully saturated rings. The van der Waals surface area contributed by atoms with Crippen LogP contribution >= 0.6 is 0 Å². The maximum absolute atomic E-state index is 10.9. The quantitative estimate of drug-likeness (QED) is 0.178. The van der Waals surface area contributed by atoms with Gasteiger partial charge in [-0.2, -0.15) is 0 Å². The SMILES string of the molecule is C=CCCCCCC[N+](CCCC(=O)O)(CCCC(=O)O)CCCC(=O)O. The Bertz CT molecular complexity index is 413. The van der Waals surface area contributed by atoms with Crippen molar-refractivity contribution in [3.63, 3.8) is 0 Å². The van der Waals surface area contributed by atoms with Crippen LogP contribution in [0.5, 0.6) is 0 Å². The Morgan fingerprint density at radius 3 is 1.37 bits per heavy atom. The molecule has 0 aliphatic rings. The second kappa shape index (κ2) is 15.2. The highest BCUT2D eigenvalue weighted by Crippen LogP contribution is 2.18. The van der Waals surface area contributed by atoms with E-state index in [9.17, 15) is 14.4 Å². The van der Waals surface area contributed by atoms with Crippen LogP contribution in [0.25, 0.3) is 0 Å². The van der Waals surface area contributed by atoms with Crippen molar-refractivity contribution in [1.82, 2.24) is 0 Å². The summed E-state index contributed by atoms with van der Waals surface area (Å²) >= 11 is 0. The van der Waals surface area contributed by atoms with Crippen LogP contribution in [-0.2, 0) is 14.4 Å². The monoisotopic (exact) mass is 386 g/mol. The predicted molar refractivity (Wildman–Crippen MR) is 104 cm³/mol. The normalized spacial score (nSPS) is 11.3. The van der Waals surface area contributed by atoms with Gasteiger partial charge in [-0.15, -0.1) is 6.58 Å². The van der Waals surface area contributed by atoms with E-state index < -0.39 is 17.9 Å². The summed E-state index contributed by atoms with van der Waals surface area (Å²) in [5, 5.41) is 26.8. The van der Waals surface area contributed by atoms with Crippen molar-refractivity contribution in [2.24, 2.45) is 0 Å². The van der Waals surface area contributed by atoms with Gasteiger partial charge in [0.2, 0.25) is 0 Å². The lowest BCUT2D eigenvalue weighted by atomic mass is 10.1. The Morgan fingerprint density at radius 1 is 0.630 bits per heavy atom. The van der Waals surface area contributed by atoms with Gasteiger partial charge in [-0.1, -0.05) is 12.5 Å². The van der Waals surface area contributed by atoms with Crippen LogP contribution < -0.4 is 0 Å². The van der Waals surface area contributed by atoms with E-state index in [0.29, 0.717) is 43.4 Å². The number of hydrogen-bond donors (Lipinski definition) is 3. The summed E-state index contributed by atoms with van der Waals surface area (Å²) in [7, 11) is 0. The standard InChI is InChI=1S/C20H35NO6/c1-2-3-4-5-6-7-14-21(15-8-11-18(22)23,16-9-12-19(24)25)17-10-13-20(26)27/h2H,1,3-17H2,(H2-,22,23,24,25,26,27)/p+1. The Kier molecular flexibility index (Phi) is 14.1. The zero-order valence-corrected chi connectivity index (χ0v) is 16.4. The highest BCUT2D eigenvalue weighted by molar-refractivity contribution is 5.67. The van der Waals surface area contributed by atoms with Crippen LogP contribution in [0.3, 0.4) is 0 Å². The van der Waals surface area contributed by atoms with Crippen molar-refractivity contribution < 1.29 is 34.2 Å². The van der Waals surface area contributed by atoms with Gasteiger partial charge in [0.1, 0.15) is 0 Å². The largest absolute Gasteiger partial charge is 0.481 e. The van der Waals surface area contributed by atoms with Gasteiger partial charge in [0.15, 0.2) is 0 Å². The maximum Gasteiger partial charge on any atom is 0.303 e. The molecule has 0 saturated carbocycles. The van der Waals surface area contributed by atoms with Crippen molar-refractivity contribution in [3.8, 4) is 0 Å². The zero-order valence-electron chi connectivity index (χ0n) is 16.4. The molecule has 0 unspecified atom stereocenters. The number of carboxylic acids is 3. The number of aliphatic carboxylic acids is 3. The predicted octanol–water partition coefficient (Wildman–Crippen LogP) is 3.53. The first-order chi connectivity index (χ1) is 12.8. The van der Waals surface area contributed by atoms with Crippen molar-refractivity contribution in [3.05, 3.63) is 12.7 Å². The molecule has 7 heteroatoms. The number of unbranched alkanes of at least 4 members (excludes halogenated alkanes) is 4. The lowest BCUT2D eigenvalue weighted by Gasteiger charge is -2.39. The molecule has 0 aromatic carbocycles. The summed E-state index contributed by atoms with van der Waals surface area (Å²) in [6.45, 7) is 6.51. The third-order valence-electron chi connectivity index (χ3n) is 4.86. The summed E-state index contributed by atoms with van der Waals surface area (Å²) < 4.78 is 0.620. The molecule has 0 atom stereocenters. The van der Waals surface area contributed by atoms with Gasteiger partial charge in [0, 0.05) is 19.3 Å². The first kappa shape index (κ1) is 25.1. The average molecular weight is 387 g/mol. The summed E-state index contributed by atoms with van der Waals surface area (Å²) in [6, 6.07) is 0. The summed E-state index contributed by atoms with van der Waals surface area (Å²) in [6.07, 6.45) is 8.94. The second-order valence-corrected chi connectivity index (χ2v) is 7.22. The minimum absolute atomic E-state index is 0.0806. The van der Waals surface area contributed by atoms with Gasteiger partial charge in [-0.3, -0.25) is 14.4 Å². The molecule has 0 bridgehead atoms. The molecular formula is C20H36NO6+. The number of allylic oxidation sites excluding steroid dienone is 1. The Morgan fingerprint density at radius 2 is 1.00 bits per heavy atom. The molecule has 0 aromatic heterocycles. The number of carbonyl (C=O) groups is 3. The molecule has 0 saturated heterocycles. The zero-order chi connectivity index (χ0) is 20.5. The molecule has 27 heavy (non-hydrogen) atoms. The Balaban J connectivity index is 4.85. The van der Waals surface area contributed by atoms with Crippen LogP contribution in [0.4, 0.5) is 0 Å². The fourth-order valence-electron chi connectivity index (χ4n) is 3.46. The minimum atomic E-state index is -0.839. The van der Waals surface area contributed by atoms with Crippen molar-refractivity contribution in [2.75, 3.05) is 26.2 Å². The number of carboxylic acid groups (broad SMARTS) is 3. The van der Waals surface area contributed by atoms with Crippen LogP contribution in [0.15, 0.2) is 12.7 Å². The van der Waals surface area contributed by atoms with Gasteiger partial charge in [-0.25, -0.2) is 0 Å². The Labute approximate surface area is 162 Å². The van der Waals surface area contributed by atoms with E-state index >= 15 is 0 Å². The molecule has 0 aliphatic carbocycles. The van der Waals surface area contributed by atoms with E-state index in [4.69, 9.17) is 15.3 Å². The smallest absolute Gasteiger partial charge is 0.303 e. The number of rotatable bonds is 19. The van der Waals surface area contributed by atoms with Gasteiger partial charge < -0.3 is 19.8 Å². The van der Waals surface area contributed by atoms with E-state index in [2.05, 4.69) is 6.58 Å². The van der Waals surface area contributed by atoms with Crippen LogP contribution in [0, 0.1) is 0 Å². The first-order valence-corrected chi connectivity index (χ1v) is 9.93. The summed E-state index contributed by atoms with van der Waals surface area (Å²) in [4.78, 5) is 32.6. The van der Waals surface area contributed by atoms with Crippen LogP contribution in [-0.4, -0.2) is 63.9 Å². The molecule has 0 aromatic rings. The number of quaternary nitrogens is 1. The van der Waals surface area contributed by atoms with E-state index in [1.165, 1.54) is 0 Å². The van der Waals surface area contributed by atoms with E-state index in [0.717, 1.165) is 38.6 Å². The molecule has 156 valence electrons. The van der Waals surface area contributed by atoms with Gasteiger partial charge >= 0.3 is 17.9 Å². The van der Waals surface area contributed by atoms with Crippen LogP contribution in [0.1, 0.15) is 70.6 Å². The molecule has 0 rings (SSSR count). The average Bonchev–Trinajstić information content (AvgIpc) is 2.57. The minimum Gasteiger partial charge on any atom is -0.481 e. The van der Waals surface area contributed by atoms with Gasteiger partial charge in [-0.05, 0) is 25.7 Å². The molecule has 0 aliphatic heterocycles. The highest BCUT2D eigenvalue weighted by Gasteiger charge is 2.27. The third kappa shape index (κ3) is 14.9. The van der Waals surface area contributed by atoms with Gasteiger partial charge in [0.25, 0.3) is 0 Å². The second-order valence-electron chi connectivity index (χ2n) is 7.22.